The molecule has 0 aliphatic rings. The first-order chi connectivity index (χ1) is 8.68. The SMILES string of the molecule is COC(=O)Cc1ncc(F)c(C(F)(F)F)c1C(F)F. The third kappa shape index (κ3) is 3.36. The quantitative estimate of drug-likeness (QED) is 0.634. The molecule has 1 rings (SSSR count). The summed E-state index contributed by atoms with van der Waals surface area (Å²) in [6.45, 7) is 0. The molecule has 0 spiro atoms. The molecule has 0 saturated heterocycles. The molecule has 0 amide bonds. The molecule has 0 atom stereocenters. The fourth-order valence-corrected chi connectivity index (χ4v) is 1.41. The lowest BCUT2D eigenvalue weighted by molar-refractivity contribution is -0.143. The predicted molar refractivity (Wildman–Crippen MR) is 49.9 cm³/mol. The van der Waals surface area contributed by atoms with Crippen molar-refractivity contribution < 1.29 is 35.9 Å². The first-order valence-electron chi connectivity index (χ1n) is 4.78. The van der Waals surface area contributed by atoms with E-state index in [1.54, 1.807) is 0 Å². The molecule has 0 N–H and O–H groups in total. The number of carbonyl (C=O) groups excluding carboxylic acids is 1. The molecule has 0 aliphatic carbocycles. The summed E-state index contributed by atoms with van der Waals surface area (Å²) in [5, 5.41) is 0. The summed E-state index contributed by atoms with van der Waals surface area (Å²) in [4.78, 5) is 14.0. The van der Waals surface area contributed by atoms with Gasteiger partial charge >= 0.3 is 12.1 Å². The molecule has 0 fully saturated rings. The van der Waals surface area contributed by atoms with Crippen molar-refractivity contribution in [2.75, 3.05) is 7.11 Å². The average molecular weight is 287 g/mol. The molecular weight excluding hydrogens is 280 g/mol. The van der Waals surface area contributed by atoms with Gasteiger partial charge in [-0.3, -0.25) is 9.78 Å². The summed E-state index contributed by atoms with van der Waals surface area (Å²) in [6, 6.07) is 0. The van der Waals surface area contributed by atoms with Gasteiger partial charge in [0.15, 0.2) is 5.82 Å². The van der Waals surface area contributed by atoms with Crippen LogP contribution in [0.3, 0.4) is 0 Å². The number of hydrogen-bond donors (Lipinski definition) is 0. The average Bonchev–Trinajstić information content (AvgIpc) is 2.28. The lowest BCUT2D eigenvalue weighted by Gasteiger charge is -2.15. The molecule has 0 aliphatic heterocycles. The highest BCUT2D eigenvalue weighted by Crippen LogP contribution is 2.39. The highest BCUT2D eigenvalue weighted by atomic mass is 19.4. The summed E-state index contributed by atoms with van der Waals surface area (Å²) in [7, 11) is 0.929. The van der Waals surface area contributed by atoms with Crippen LogP contribution in [0.2, 0.25) is 0 Å². The maximum absolute atomic E-state index is 13.1. The van der Waals surface area contributed by atoms with Crippen molar-refractivity contribution in [3.05, 3.63) is 28.8 Å². The van der Waals surface area contributed by atoms with E-state index in [4.69, 9.17) is 0 Å². The van der Waals surface area contributed by atoms with Crippen molar-refractivity contribution in [3.63, 3.8) is 0 Å². The Kier molecular flexibility index (Phi) is 4.38. The monoisotopic (exact) mass is 287 g/mol. The second-order valence-electron chi connectivity index (χ2n) is 3.39. The van der Waals surface area contributed by atoms with Crippen LogP contribution in [0.25, 0.3) is 0 Å². The van der Waals surface area contributed by atoms with E-state index >= 15 is 0 Å². The normalized spacial score (nSPS) is 11.8. The van der Waals surface area contributed by atoms with E-state index in [0.29, 0.717) is 0 Å². The van der Waals surface area contributed by atoms with Crippen molar-refractivity contribution in [1.82, 2.24) is 4.98 Å². The minimum Gasteiger partial charge on any atom is -0.469 e. The largest absolute Gasteiger partial charge is 0.469 e. The van der Waals surface area contributed by atoms with E-state index in [1.807, 2.05) is 0 Å². The molecule has 0 bridgehead atoms. The van der Waals surface area contributed by atoms with E-state index in [9.17, 15) is 31.1 Å². The molecule has 0 radical (unpaired) electrons. The highest BCUT2D eigenvalue weighted by Gasteiger charge is 2.41. The first-order valence-corrected chi connectivity index (χ1v) is 4.78. The van der Waals surface area contributed by atoms with Crippen LogP contribution >= 0.6 is 0 Å². The van der Waals surface area contributed by atoms with Gasteiger partial charge in [-0.25, -0.2) is 13.2 Å². The number of carbonyl (C=O) groups is 1. The van der Waals surface area contributed by atoms with E-state index in [0.717, 1.165) is 7.11 Å². The Morgan fingerprint density at radius 2 is 2.00 bits per heavy atom. The fourth-order valence-electron chi connectivity index (χ4n) is 1.41. The van der Waals surface area contributed by atoms with Gasteiger partial charge in [0.25, 0.3) is 6.43 Å². The van der Waals surface area contributed by atoms with Crippen molar-refractivity contribution in [2.24, 2.45) is 0 Å². The fraction of sp³-hybridized carbons (Fsp3) is 0.400. The van der Waals surface area contributed by atoms with Crippen LogP contribution in [0, 0.1) is 5.82 Å². The molecule has 3 nitrogen and oxygen atoms in total. The number of aromatic nitrogens is 1. The van der Waals surface area contributed by atoms with Crippen LogP contribution in [-0.4, -0.2) is 18.1 Å². The Labute approximate surface area is 103 Å². The lowest BCUT2D eigenvalue weighted by Crippen LogP contribution is -2.18. The molecule has 9 heteroatoms. The van der Waals surface area contributed by atoms with Crippen LogP contribution in [0.15, 0.2) is 6.20 Å². The van der Waals surface area contributed by atoms with E-state index < -0.39 is 47.6 Å². The van der Waals surface area contributed by atoms with Crippen molar-refractivity contribution in [2.45, 2.75) is 19.0 Å². The maximum atomic E-state index is 13.1. The smallest absolute Gasteiger partial charge is 0.419 e. The summed E-state index contributed by atoms with van der Waals surface area (Å²) in [5.41, 5.74) is -4.62. The second-order valence-corrected chi connectivity index (χ2v) is 3.39. The molecular formula is C10H7F6NO2. The minimum atomic E-state index is -5.32. The van der Waals surface area contributed by atoms with Gasteiger partial charge in [0.2, 0.25) is 0 Å². The van der Waals surface area contributed by atoms with Gasteiger partial charge in [-0.05, 0) is 0 Å². The van der Waals surface area contributed by atoms with Gasteiger partial charge in [0.05, 0.1) is 31.0 Å². The zero-order chi connectivity index (χ0) is 14.8. The zero-order valence-electron chi connectivity index (χ0n) is 9.39. The number of nitrogens with zero attached hydrogens (tertiary/aromatic N) is 1. The van der Waals surface area contributed by atoms with Gasteiger partial charge in [0.1, 0.15) is 5.56 Å². The molecule has 106 valence electrons. The number of pyridine rings is 1. The molecule has 0 saturated carbocycles. The van der Waals surface area contributed by atoms with Gasteiger partial charge in [-0.15, -0.1) is 0 Å². The Hall–Kier alpha value is -1.80. The number of halogens is 6. The third-order valence-corrected chi connectivity index (χ3v) is 2.19. The zero-order valence-corrected chi connectivity index (χ0v) is 9.39. The Morgan fingerprint density at radius 3 is 2.42 bits per heavy atom. The maximum Gasteiger partial charge on any atom is 0.419 e. The summed E-state index contributed by atoms with van der Waals surface area (Å²) in [6.07, 6.45) is -9.70. The van der Waals surface area contributed by atoms with Crippen molar-refractivity contribution in [1.29, 1.82) is 0 Å². The number of alkyl halides is 5. The summed E-state index contributed by atoms with van der Waals surface area (Å²) >= 11 is 0. The van der Waals surface area contributed by atoms with Crippen LogP contribution in [0.5, 0.6) is 0 Å². The number of methoxy groups -OCH3 is 1. The van der Waals surface area contributed by atoms with Gasteiger partial charge in [-0.2, -0.15) is 13.2 Å². The van der Waals surface area contributed by atoms with Gasteiger partial charge in [-0.1, -0.05) is 0 Å². The Morgan fingerprint density at radius 1 is 1.42 bits per heavy atom. The highest BCUT2D eigenvalue weighted by molar-refractivity contribution is 5.72. The van der Waals surface area contributed by atoms with E-state index in [1.165, 1.54) is 0 Å². The van der Waals surface area contributed by atoms with Crippen LogP contribution in [-0.2, 0) is 22.1 Å². The van der Waals surface area contributed by atoms with Crippen LogP contribution in [0.1, 0.15) is 23.2 Å². The number of esters is 1. The van der Waals surface area contributed by atoms with Gasteiger partial charge < -0.3 is 4.74 Å². The summed E-state index contributed by atoms with van der Waals surface area (Å²) in [5.74, 6) is -2.98. The predicted octanol–water partition coefficient (Wildman–Crippen LogP) is 2.89. The second kappa shape index (κ2) is 5.45. The standard InChI is InChI=1S/C10H7F6NO2/c1-19-6(18)2-5-7(9(12)13)8(10(14,15)16)4(11)3-17-5/h3,9H,2H2,1H3. The number of hydrogen-bond acceptors (Lipinski definition) is 3. The third-order valence-electron chi connectivity index (χ3n) is 2.19. The number of ether oxygens (including phenoxy) is 1. The molecule has 19 heavy (non-hydrogen) atoms. The molecule has 0 unspecified atom stereocenters. The van der Waals surface area contributed by atoms with E-state index in [2.05, 4.69) is 9.72 Å². The lowest BCUT2D eigenvalue weighted by atomic mass is 10.0. The van der Waals surface area contributed by atoms with Crippen molar-refractivity contribution in [3.8, 4) is 0 Å². The molecule has 1 aromatic heterocycles. The summed E-state index contributed by atoms with van der Waals surface area (Å²) < 4.78 is 80.3. The minimum absolute atomic E-state index is 0.146. The first kappa shape index (κ1) is 15.3. The van der Waals surface area contributed by atoms with Gasteiger partial charge in [0, 0.05) is 0 Å². The number of rotatable bonds is 3. The van der Waals surface area contributed by atoms with E-state index in [-0.39, 0.29) is 6.20 Å². The van der Waals surface area contributed by atoms with Crippen molar-refractivity contribution >= 4 is 5.97 Å². The van der Waals surface area contributed by atoms with Crippen LogP contribution in [0.4, 0.5) is 26.3 Å². The molecule has 1 heterocycles. The Balaban J connectivity index is 3.46. The topological polar surface area (TPSA) is 39.2 Å². The molecule has 1 aromatic rings. The Bertz CT molecular complexity index is 486. The molecule has 0 aromatic carbocycles. The van der Waals surface area contributed by atoms with Crippen LogP contribution < -0.4 is 0 Å².